The highest BCUT2D eigenvalue weighted by Crippen LogP contribution is 2.31. The molecule has 0 saturated heterocycles. The molecule has 6 heteroatoms. The van der Waals surface area contributed by atoms with E-state index in [1.165, 1.54) is 12.8 Å². The van der Waals surface area contributed by atoms with E-state index in [2.05, 4.69) is 26.8 Å². The number of hydrogen-bond acceptors (Lipinski definition) is 6. The van der Waals surface area contributed by atoms with Gasteiger partial charge in [0.15, 0.2) is 0 Å². The molecule has 2 N–H and O–H groups in total. The Morgan fingerprint density at radius 2 is 2.00 bits per heavy atom. The second-order valence-corrected chi connectivity index (χ2v) is 5.01. The quantitative estimate of drug-likeness (QED) is 0.773. The highest BCUT2D eigenvalue weighted by Gasteiger charge is 2.25. The highest BCUT2D eigenvalue weighted by atomic mass is 16.5. The van der Waals surface area contributed by atoms with Crippen molar-refractivity contribution >= 4 is 11.9 Å². The minimum atomic E-state index is 0.230. The lowest BCUT2D eigenvalue weighted by Crippen LogP contribution is -2.29. The Balaban J connectivity index is 2.11. The van der Waals surface area contributed by atoms with Crippen LogP contribution in [0.1, 0.15) is 39.5 Å². The van der Waals surface area contributed by atoms with Gasteiger partial charge in [-0.15, -0.1) is 0 Å². The lowest BCUT2D eigenvalue weighted by Gasteiger charge is -2.22. The van der Waals surface area contributed by atoms with E-state index in [1.54, 1.807) is 0 Å². The molecule has 1 saturated carbocycles. The Morgan fingerprint density at radius 1 is 1.21 bits per heavy atom. The predicted octanol–water partition coefficient (Wildman–Crippen LogP) is 1.87. The zero-order valence-corrected chi connectivity index (χ0v) is 11.8. The van der Waals surface area contributed by atoms with Crippen LogP contribution in [0, 0.1) is 5.92 Å². The van der Waals surface area contributed by atoms with Gasteiger partial charge in [0.1, 0.15) is 0 Å². The van der Waals surface area contributed by atoms with Crippen molar-refractivity contribution in [3.63, 3.8) is 0 Å². The van der Waals surface area contributed by atoms with Gasteiger partial charge < -0.3 is 15.4 Å². The van der Waals surface area contributed by atoms with Crippen LogP contribution in [0.15, 0.2) is 0 Å². The summed E-state index contributed by atoms with van der Waals surface area (Å²) in [5.41, 5.74) is 5.74. The number of nitrogens with two attached hydrogens (primary N) is 1. The van der Waals surface area contributed by atoms with Crippen LogP contribution >= 0.6 is 0 Å². The smallest absolute Gasteiger partial charge is 0.323 e. The molecule has 1 aromatic heterocycles. The summed E-state index contributed by atoms with van der Waals surface area (Å²) >= 11 is 0. The Kier molecular flexibility index (Phi) is 4.76. The molecule has 0 unspecified atom stereocenters. The van der Waals surface area contributed by atoms with E-state index in [4.69, 9.17) is 10.5 Å². The molecule has 19 heavy (non-hydrogen) atoms. The van der Waals surface area contributed by atoms with Gasteiger partial charge in [-0.25, -0.2) is 0 Å². The third kappa shape index (κ3) is 4.22. The van der Waals surface area contributed by atoms with E-state index < -0.39 is 0 Å². The number of nitrogen functional groups attached to an aromatic ring is 1. The second-order valence-electron chi connectivity index (χ2n) is 5.01. The van der Waals surface area contributed by atoms with E-state index in [-0.39, 0.29) is 5.95 Å². The van der Waals surface area contributed by atoms with Crippen LogP contribution in [0.4, 0.5) is 11.9 Å². The number of anilines is 2. The SMILES string of the molecule is CCCOc1nc(N)nc(N(CCC)CC2CC2)n1. The van der Waals surface area contributed by atoms with Crippen LogP contribution in [-0.2, 0) is 0 Å². The lowest BCUT2D eigenvalue weighted by atomic mass is 10.3. The fourth-order valence-electron chi connectivity index (χ4n) is 1.92. The van der Waals surface area contributed by atoms with Gasteiger partial charge in [0.05, 0.1) is 6.61 Å². The molecule has 0 bridgehead atoms. The molecule has 1 fully saturated rings. The first-order valence-electron chi connectivity index (χ1n) is 7.12. The minimum Gasteiger partial charge on any atom is -0.463 e. The summed E-state index contributed by atoms with van der Waals surface area (Å²) < 4.78 is 5.46. The average molecular weight is 265 g/mol. The Bertz CT molecular complexity index is 408. The summed E-state index contributed by atoms with van der Waals surface area (Å²) in [7, 11) is 0. The van der Waals surface area contributed by atoms with Crippen molar-refractivity contribution in [3.05, 3.63) is 0 Å². The molecular formula is C13H23N5O. The van der Waals surface area contributed by atoms with Gasteiger partial charge in [-0.3, -0.25) is 0 Å². The molecule has 0 atom stereocenters. The molecule has 6 nitrogen and oxygen atoms in total. The molecule has 2 rings (SSSR count). The zero-order valence-electron chi connectivity index (χ0n) is 11.8. The van der Waals surface area contributed by atoms with E-state index in [9.17, 15) is 0 Å². The summed E-state index contributed by atoms with van der Waals surface area (Å²) in [5.74, 6) is 1.66. The molecule has 0 amide bonds. The Morgan fingerprint density at radius 3 is 2.63 bits per heavy atom. The topological polar surface area (TPSA) is 77.2 Å². The van der Waals surface area contributed by atoms with Crippen molar-refractivity contribution in [1.29, 1.82) is 0 Å². The summed E-state index contributed by atoms with van der Waals surface area (Å²) in [5, 5.41) is 0. The monoisotopic (exact) mass is 265 g/mol. The number of rotatable bonds is 8. The Hall–Kier alpha value is -1.59. The van der Waals surface area contributed by atoms with E-state index in [0.717, 1.165) is 31.8 Å². The standard InChI is InChI=1S/C13H23N5O/c1-3-7-18(9-10-5-6-10)12-15-11(14)16-13(17-12)19-8-4-2/h10H,3-9H2,1-2H3,(H2,14,15,16,17). The summed E-state index contributed by atoms with van der Waals surface area (Å²) in [6.45, 7) is 6.73. The number of aromatic nitrogens is 3. The van der Waals surface area contributed by atoms with Gasteiger partial charge in [0, 0.05) is 13.1 Å². The molecule has 1 aromatic rings. The Labute approximate surface area is 114 Å². The van der Waals surface area contributed by atoms with Crippen molar-refractivity contribution in [1.82, 2.24) is 15.0 Å². The number of ether oxygens (including phenoxy) is 1. The predicted molar refractivity (Wildman–Crippen MR) is 75.3 cm³/mol. The second kappa shape index (κ2) is 6.54. The van der Waals surface area contributed by atoms with Gasteiger partial charge >= 0.3 is 6.01 Å². The molecule has 0 radical (unpaired) electrons. The average Bonchev–Trinajstić information content (AvgIpc) is 3.19. The molecule has 0 aliphatic heterocycles. The van der Waals surface area contributed by atoms with E-state index in [0.29, 0.717) is 18.6 Å². The van der Waals surface area contributed by atoms with Crippen molar-refractivity contribution < 1.29 is 4.74 Å². The highest BCUT2D eigenvalue weighted by molar-refractivity contribution is 5.36. The largest absolute Gasteiger partial charge is 0.463 e. The first-order valence-corrected chi connectivity index (χ1v) is 7.12. The summed E-state index contributed by atoms with van der Waals surface area (Å²) in [6, 6.07) is 0.334. The molecule has 1 heterocycles. The molecule has 1 aliphatic rings. The van der Waals surface area contributed by atoms with Crippen LogP contribution in [0.3, 0.4) is 0 Å². The molecule has 0 aromatic carbocycles. The van der Waals surface area contributed by atoms with Crippen LogP contribution < -0.4 is 15.4 Å². The maximum atomic E-state index is 5.74. The van der Waals surface area contributed by atoms with Gasteiger partial charge in [-0.2, -0.15) is 15.0 Å². The van der Waals surface area contributed by atoms with Gasteiger partial charge in [0.2, 0.25) is 11.9 Å². The molecular weight excluding hydrogens is 242 g/mol. The minimum absolute atomic E-state index is 0.230. The first kappa shape index (κ1) is 13.8. The maximum absolute atomic E-state index is 5.74. The third-order valence-corrected chi connectivity index (χ3v) is 3.01. The van der Waals surface area contributed by atoms with E-state index >= 15 is 0 Å². The number of hydrogen-bond donors (Lipinski definition) is 1. The van der Waals surface area contributed by atoms with Crippen molar-refractivity contribution in [2.45, 2.75) is 39.5 Å². The van der Waals surface area contributed by atoms with Crippen molar-refractivity contribution in [2.24, 2.45) is 5.92 Å². The van der Waals surface area contributed by atoms with Crippen LogP contribution in [0.25, 0.3) is 0 Å². The normalized spacial score (nSPS) is 14.4. The fourth-order valence-corrected chi connectivity index (χ4v) is 1.92. The summed E-state index contributed by atoms with van der Waals surface area (Å²) in [6.07, 6.45) is 4.59. The van der Waals surface area contributed by atoms with Crippen molar-refractivity contribution in [2.75, 3.05) is 30.3 Å². The number of nitrogens with zero attached hydrogens (tertiary/aromatic N) is 4. The van der Waals surface area contributed by atoms with E-state index in [1.807, 2.05) is 6.92 Å². The summed E-state index contributed by atoms with van der Waals surface area (Å²) in [4.78, 5) is 14.8. The van der Waals surface area contributed by atoms with Gasteiger partial charge in [-0.1, -0.05) is 13.8 Å². The third-order valence-electron chi connectivity index (χ3n) is 3.01. The molecule has 1 aliphatic carbocycles. The van der Waals surface area contributed by atoms with Crippen molar-refractivity contribution in [3.8, 4) is 6.01 Å². The van der Waals surface area contributed by atoms with Gasteiger partial charge in [0.25, 0.3) is 0 Å². The van der Waals surface area contributed by atoms with Crippen LogP contribution in [0.5, 0.6) is 6.01 Å². The first-order chi connectivity index (χ1) is 9.22. The molecule has 106 valence electrons. The lowest BCUT2D eigenvalue weighted by molar-refractivity contribution is 0.292. The van der Waals surface area contributed by atoms with Crippen LogP contribution in [0.2, 0.25) is 0 Å². The zero-order chi connectivity index (χ0) is 13.7. The maximum Gasteiger partial charge on any atom is 0.323 e. The van der Waals surface area contributed by atoms with Gasteiger partial charge in [-0.05, 0) is 31.6 Å². The molecule has 0 spiro atoms. The van der Waals surface area contributed by atoms with Crippen LogP contribution in [-0.4, -0.2) is 34.6 Å². The fraction of sp³-hybridized carbons (Fsp3) is 0.769.